The number of aromatic nitrogens is 1. The maximum Gasteiger partial charge on any atom is 0.0491 e. The molecule has 0 spiro atoms. The SMILES string of the molecule is CCn1c2ccccc2c2cc(CN3CCN(C[C@@H]4C[C@@H]5C=C[C@H]4C5)CC3)ccc21. The van der Waals surface area contributed by atoms with Gasteiger partial charge >= 0.3 is 0 Å². The first kappa shape index (κ1) is 18.7. The van der Waals surface area contributed by atoms with Crippen molar-refractivity contribution in [1.29, 1.82) is 0 Å². The average molecular weight is 400 g/mol. The van der Waals surface area contributed by atoms with Crippen molar-refractivity contribution in [3.63, 3.8) is 0 Å². The van der Waals surface area contributed by atoms with E-state index in [1.165, 1.54) is 72.9 Å². The van der Waals surface area contributed by atoms with Crippen molar-refractivity contribution in [1.82, 2.24) is 14.4 Å². The fraction of sp³-hybridized carbons (Fsp3) is 0.481. The molecule has 156 valence electrons. The molecule has 3 heteroatoms. The van der Waals surface area contributed by atoms with Gasteiger partial charge in [0.2, 0.25) is 0 Å². The Morgan fingerprint density at radius 1 is 0.833 bits per heavy atom. The summed E-state index contributed by atoms with van der Waals surface area (Å²) >= 11 is 0. The number of allylic oxidation sites excluding steroid dienone is 2. The van der Waals surface area contributed by atoms with Gasteiger partial charge in [0, 0.05) is 67.6 Å². The highest BCUT2D eigenvalue weighted by molar-refractivity contribution is 6.08. The summed E-state index contributed by atoms with van der Waals surface area (Å²) in [5, 5.41) is 2.80. The van der Waals surface area contributed by atoms with Crippen molar-refractivity contribution in [2.45, 2.75) is 32.9 Å². The Morgan fingerprint density at radius 3 is 2.40 bits per heavy atom. The molecule has 0 N–H and O–H groups in total. The van der Waals surface area contributed by atoms with Gasteiger partial charge in [-0.2, -0.15) is 0 Å². The Kier molecular flexibility index (Phi) is 4.69. The molecule has 3 aliphatic rings. The summed E-state index contributed by atoms with van der Waals surface area (Å²) in [5.74, 6) is 2.70. The largest absolute Gasteiger partial charge is 0.341 e. The summed E-state index contributed by atoms with van der Waals surface area (Å²) < 4.78 is 2.44. The first-order chi connectivity index (χ1) is 14.8. The fourth-order valence-corrected chi connectivity index (χ4v) is 6.36. The molecule has 2 bridgehead atoms. The second kappa shape index (κ2) is 7.55. The molecule has 2 aromatic carbocycles. The van der Waals surface area contributed by atoms with Gasteiger partial charge in [0.25, 0.3) is 0 Å². The molecule has 0 unspecified atom stereocenters. The lowest BCUT2D eigenvalue weighted by molar-refractivity contribution is 0.108. The van der Waals surface area contributed by atoms with Gasteiger partial charge in [0.1, 0.15) is 0 Å². The van der Waals surface area contributed by atoms with E-state index in [0.29, 0.717) is 0 Å². The van der Waals surface area contributed by atoms with Crippen LogP contribution in [0.2, 0.25) is 0 Å². The maximum absolute atomic E-state index is 2.73. The van der Waals surface area contributed by atoms with Gasteiger partial charge in [-0.15, -0.1) is 0 Å². The van der Waals surface area contributed by atoms with Crippen LogP contribution in [0.4, 0.5) is 0 Å². The van der Waals surface area contributed by atoms with E-state index < -0.39 is 0 Å². The van der Waals surface area contributed by atoms with Gasteiger partial charge in [-0.1, -0.05) is 36.4 Å². The second-order valence-corrected chi connectivity index (χ2v) is 9.73. The first-order valence-corrected chi connectivity index (χ1v) is 11.9. The Hall–Kier alpha value is -2.10. The molecule has 0 amide bonds. The van der Waals surface area contributed by atoms with E-state index in [2.05, 4.69) is 75.9 Å². The Morgan fingerprint density at radius 2 is 1.63 bits per heavy atom. The lowest BCUT2D eigenvalue weighted by Gasteiger charge is -2.37. The highest BCUT2D eigenvalue weighted by atomic mass is 15.3. The van der Waals surface area contributed by atoms with Gasteiger partial charge < -0.3 is 9.47 Å². The van der Waals surface area contributed by atoms with E-state index in [-0.39, 0.29) is 0 Å². The number of rotatable bonds is 5. The van der Waals surface area contributed by atoms with Gasteiger partial charge in [-0.05, 0) is 61.3 Å². The molecule has 1 aliphatic heterocycles. The van der Waals surface area contributed by atoms with Crippen LogP contribution >= 0.6 is 0 Å². The lowest BCUT2D eigenvalue weighted by atomic mass is 9.93. The Labute approximate surface area is 180 Å². The van der Waals surface area contributed by atoms with Crippen LogP contribution in [0.5, 0.6) is 0 Å². The normalized spacial score (nSPS) is 27.0. The zero-order valence-electron chi connectivity index (χ0n) is 18.1. The summed E-state index contributed by atoms with van der Waals surface area (Å²) in [5.41, 5.74) is 4.18. The van der Waals surface area contributed by atoms with E-state index >= 15 is 0 Å². The summed E-state index contributed by atoms with van der Waals surface area (Å²) in [7, 11) is 0. The number of hydrogen-bond donors (Lipinski definition) is 0. The molecular formula is C27H33N3. The van der Waals surface area contributed by atoms with Crippen LogP contribution in [0.1, 0.15) is 25.3 Å². The summed E-state index contributed by atoms with van der Waals surface area (Å²) in [6.07, 6.45) is 7.84. The minimum absolute atomic E-state index is 0.880. The maximum atomic E-state index is 2.73. The number of para-hydroxylation sites is 1. The van der Waals surface area contributed by atoms with Crippen molar-refractivity contribution in [2.75, 3.05) is 32.7 Å². The van der Waals surface area contributed by atoms with Crippen molar-refractivity contribution in [3.05, 3.63) is 60.2 Å². The summed E-state index contributed by atoms with van der Waals surface area (Å²) in [6, 6.07) is 16.0. The summed E-state index contributed by atoms with van der Waals surface area (Å²) in [4.78, 5) is 5.38. The third-order valence-electron chi connectivity index (χ3n) is 7.93. The van der Waals surface area contributed by atoms with Crippen molar-refractivity contribution in [3.8, 4) is 0 Å². The standard InChI is InChI=1S/C27H33N3/c1-2-30-26-6-4-3-5-24(26)25-17-21(8-10-27(25)30)18-28-11-13-29(14-12-28)19-23-16-20-7-9-22(23)15-20/h3-10,17,20,22-23H,2,11-16,18-19H2,1H3/t20-,22+,23+/m1/s1. The van der Waals surface area contributed by atoms with Gasteiger partial charge in [0.15, 0.2) is 0 Å². The highest BCUT2D eigenvalue weighted by Crippen LogP contribution is 2.43. The molecule has 2 aliphatic carbocycles. The van der Waals surface area contributed by atoms with Gasteiger partial charge in [0.05, 0.1) is 0 Å². The van der Waals surface area contributed by atoms with Gasteiger partial charge in [-0.25, -0.2) is 0 Å². The molecule has 6 rings (SSSR count). The van der Waals surface area contributed by atoms with Crippen LogP contribution < -0.4 is 0 Å². The quantitative estimate of drug-likeness (QED) is 0.550. The first-order valence-electron chi connectivity index (χ1n) is 11.9. The molecule has 1 saturated carbocycles. The molecular weight excluding hydrogens is 366 g/mol. The number of piperazine rings is 1. The number of nitrogens with zero attached hydrogens (tertiary/aromatic N) is 3. The van der Waals surface area contributed by atoms with E-state index in [4.69, 9.17) is 0 Å². The number of aryl methyl sites for hydroxylation is 1. The van der Waals surface area contributed by atoms with Crippen LogP contribution in [0, 0.1) is 17.8 Å². The Balaban J connectivity index is 1.13. The molecule has 2 fully saturated rings. The number of fused-ring (bicyclic) bond motifs is 5. The van der Waals surface area contributed by atoms with Crippen molar-refractivity contribution >= 4 is 21.8 Å². The Bertz CT molecular complexity index is 1090. The number of hydrogen-bond acceptors (Lipinski definition) is 2. The zero-order valence-corrected chi connectivity index (χ0v) is 18.1. The van der Waals surface area contributed by atoms with Crippen LogP contribution in [0.15, 0.2) is 54.6 Å². The van der Waals surface area contributed by atoms with E-state index in [0.717, 1.165) is 30.8 Å². The minimum Gasteiger partial charge on any atom is -0.341 e. The van der Waals surface area contributed by atoms with Crippen LogP contribution in [-0.4, -0.2) is 47.1 Å². The lowest BCUT2D eigenvalue weighted by Crippen LogP contribution is -2.47. The molecule has 1 saturated heterocycles. The van der Waals surface area contributed by atoms with Crippen LogP contribution in [0.25, 0.3) is 21.8 Å². The molecule has 30 heavy (non-hydrogen) atoms. The minimum atomic E-state index is 0.880. The molecule has 0 radical (unpaired) electrons. The predicted molar refractivity (Wildman–Crippen MR) is 126 cm³/mol. The molecule has 1 aromatic heterocycles. The van der Waals surface area contributed by atoms with Crippen LogP contribution in [-0.2, 0) is 13.1 Å². The van der Waals surface area contributed by atoms with E-state index in [1.807, 2.05) is 0 Å². The monoisotopic (exact) mass is 399 g/mol. The second-order valence-electron chi connectivity index (χ2n) is 9.73. The van der Waals surface area contributed by atoms with Crippen molar-refractivity contribution in [2.24, 2.45) is 17.8 Å². The molecule has 2 heterocycles. The zero-order chi connectivity index (χ0) is 20.1. The predicted octanol–water partition coefficient (Wildman–Crippen LogP) is 5.14. The molecule has 3 aromatic rings. The summed E-state index contributed by atoms with van der Waals surface area (Å²) in [6.45, 7) is 10.5. The van der Waals surface area contributed by atoms with Gasteiger partial charge in [-0.3, -0.25) is 4.90 Å². The third-order valence-corrected chi connectivity index (χ3v) is 7.93. The van der Waals surface area contributed by atoms with Crippen LogP contribution in [0.3, 0.4) is 0 Å². The van der Waals surface area contributed by atoms with Crippen molar-refractivity contribution < 1.29 is 0 Å². The topological polar surface area (TPSA) is 11.4 Å². The fourth-order valence-electron chi connectivity index (χ4n) is 6.36. The molecule has 3 atom stereocenters. The smallest absolute Gasteiger partial charge is 0.0491 e. The molecule has 3 nitrogen and oxygen atoms in total. The van der Waals surface area contributed by atoms with E-state index in [9.17, 15) is 0 Å². The average Bonchev–Trinajstić information content (AvgIpc) is 3.48. The van der Waals surface area contributed by atoms with E-state index in [1.54, 1.807) is 0 Å². The number of benzene rings is 2. The highest BCUT2D eigenvalue weighted by Gasteiger charge is 2.36. The third kappa shape index (κ3) is 3.19.